The first-order valence-corrected chi connectivity index (χ1v) is 19.4. The van der Waals surface area contributed by atoms with Crippen LogP contribution in [0.3, 0.4) is 0 Å². The fourth-order valence-electron chi connectivity index (χ4n) is 5.80. The van der Waals surface area contributed by atoms with Crippen LogP contribution < -0.4 is 0 Å². The van der Waals surface area contributed by atoms with E-state index in [0.29, 0.717) is 12.8 Å². The van der Waals surface area contributed by atoms with E-state index in [-0.39, 0.29) is 25.2 Å². The van der Waals surface area contributed by atoms with Gasteiger partial charge in [0, 0.05) is 12.8 Å². The second-order valence-electron chi connectivity index (χ2n) is 13.9. The van der Waals surface area contributed by atoms with Gasteiger partial charge in [-0.25, -0.2) is 0 Å². The summed E-state index contributed by atoms with van der Waals surface area (Å²) in [5, 5.41) is 9.99. The first-order chi connectivity index (χ1) is 21.5. The Morgan fingerprint density at radius 1 is 0.455 bits per heavy atom. The van der Waals surface area contributed by atoms with Gasteiger partial charge >= 0.3 is 11.9 Å². The molecule has 1 N–H and O–H groups in total. The van der Waals surface area contributed by atoms with Crippen molar-refractivity contribution in [3.05, 3.63) is 0 Å². The number of unbranched alkanes of at least 4 members (excludes halogenated alkanes) is 25. The molecular formula is C39H76O5. The highest BCUT2D eigenvalue weighted by Gasteiger charge is 2.12. The molecule has 0 radical (unpaired) electrons. The van der Waals surface area contributed by atoms with E-state index < -0.39 is 6.10 Å². The highest BCUT2D eigenvalue weighted by molar-refractivity contribution is 5.69. The largest absolute Gasteiger partial charge is 0.463 e. The topological polar surface area (TPSA) is 72.8 Å². The van der Waals surface area contributed by atoms with Gasteiger partial charge in [-0.1, -0.05) is 188 Å². The van der Waals surface area contributed by atoms with E-state index in [1.807, 2.05) is 0 Å². The molecule has 262 valence electrons. The smallest absolute Gasteiger partial charge is 0.305 e. The summed E-state index contributed by atoms with van der Waals surface area (Å²) < 4.78 is 10.3. The summed E-state index contributed by atoms with van der Waals surface area (Å²) in [7, 11) is 0. The molecule has 5 heteroatoms. The van der Waals surface area contributed by atoms with Crippen LogP contribution in [-0.4, -0.2) is 36.4 Å². The van der Waals surface area contributed by atoms with E-state index in [2.05, 4.69) is 20.8 Å². The zero-order valence-electron chi connectivity index (χ0n) is 29.9. The van der Waals surface area contributed by atoms with Gasteiger partial charge in [-0.2, -0.15) is 0 Å². The third kappa shape index (κ3) is 35.4. The summed E-state index contributed by atoms with van der Waals surface area (Å²) in [6, 6.07) is 0. The molecule has 0 aliphatic heterocycles. The lowest BCUT2D eigenvalue weighted by Gasteiger charge is -2.12. The fraction of sp³-hybridized carbons (Fsp3) is 0.949. The molecule has 5 nitrogen and oxygen atoms in total. The molecular weight excluding hydrogens is 548 g/mol. The highest BCUT2D eigenvalue weighted by Crippen LogP contribution is 2.16. The second-order valence-corrected chi connectivity index (χ2v) is 13.9. The van der Waals surface area contributed by atoms with Crippen molar-refractivity contribution in [3.8, 4) is 0 Å². The van der Waals surface area contributed by atoms with Gasteiger partial charge in [0.1, 0.15) is 19.3 Å². The van der Waals surface area contributed by atoms with Gasteiger partial charge < -0.3 is 14.6 Å². The lowest BCUT2D eigenvalue weighted by molar-refractivity contribution is -0.152. The number of esters is 2. The maximum absolute atomic E-state index is 12.0. The van der Waals surface area contributed by atoms with Gasteiger partial charge in [0.15, 0.2) is 0 Å². The molecule has 0 unspecified atom stereocenters. The summed E-state index contributed by atoms with van der Waals surface area (Å²) >= 11 is 0. The Morgan fingerprint density at radius 2 is 0.727 bits per heavy atom. The molecule has 0 fully saturated rings. The molecule has 0 saturated carbocycles. The van der Waals surface area contributed by atoms with Crippen LogP contribution in [-0.2, 0) is 19.1 Å². The SMILES string of the molecule is CCCCCCCCCCCCCCC(=O)OC[C@@H](O)COC(=O)CCCCCCCCCCCCCCCCCC(C)C. The molecule has 44 heavy (non-hydrogen) atoms. The number of hydrogen-bond donors (Lipinski definition) is 1. The molecule has 0 saturated heterocycles. The average molecular weight is 625 g/mol. The van der Waals surface area contributed by atoms with Gasteiger partial charge in [-0.15, -0.1) is 0 Å². The summed E-state index contributed by atoms with van der Waals surface area (Å²) in [5.41, 5.74) is 0. The number of rotatable bonds is 35. The lowest BCUT2D eigenvalue weighted by Crippen LogP contribution is -2.25. The zero-order chi connectivity index (χ0) is 32.4. The number of aliphatic hydroxyl groups excluding tert-OH is 1. The van der Waals surface area contributed by atoms with Crippen molar-refractivity contribution >= 4 is 11.9 Å². The summed E-state index contributed by atoms with van der Waals surface area (Å²) in [5.74, 6) is 0.304. The van der Waals surface area contributed by atoms with Crippen LogP contribution in [0.15, 0.2) is 0 Å². The van der Waals surface area contributed by atoms with Crippen LogP contribution in [0, 0.1) is 5.92 Å². The van der Waals surface area contributed by atoms with Crippen molar-refractivity contribution in [1.82, 2.24) is 0 Å². The molecule has 0 spiro atoms. The van der Waals surface area contributed by atoms with Crippen LogP contribution in [0.1, 0.15) is 213 Å². The van der Waals surface area contributed by atoms with Crippen LogP contribution in [0.25, 0.3) is 0 Å². The minimum Gasteiger partial charge on any atom is -0.463 e. The number of ether oxygens (including phenoxy) is 2. The lowest BCUT2D eigenvalue weighted by atomic mass is 10.0. The van der Waals surface area contributed by atoms with Gasteiger partial charge in [0.05, 0.1) is 0 Å². The monoisotopic (exact) mass is 625 g/mol. The van der Waals surface area contributed by atoms with Crippen LogP contribution in [0.5, 0.6) is 0 Å². The Morgan fingerprint density at radius 3 is 1.02 bits per heavy atom. The molecule has 0 aromatic heterocycles. The first-order valence-electron chi connectivity index (χ1n) is 19.4. The van der Waals surface area contributed by atoms with E-state index in [4.69, 9.17) is 9.47 Å². The van der Waals surface area contributed by atoms with E-state index in [1.54, 1.807) is 0 Å². The van der Waals surface area contributed by atoms with Crippen molar-refractivity contribution in [2.45, 2.75) is 219 Å². The molecule has 0 bridgehead atoms. The van der Waals surface area contributed by atoms with Crippen molar-refractivity contribution in [3.63, 3.8) is 0 Å². The normalized spacial score (nSPS) is 12.1. The molecule has 0 aliphatic carbocycles. The number of hydrogen-bond acceptors (Lipinski definition) is 5. The zero-order valence-corrected chi connectivity index (χ0v) is 29.9. The Labute approximate surface area is 274 Å². The van der Waals surface area contributed by atoms with E-state index in [0.717, 1.165) is 31.6 Å². The van der Waals surface area contributed by atoms with Crippen LogP contribution in [0.4, 0.5) is 0 Å². The molecule has 0 rings (SSSR count). The van der Waals surface area contributed by atoms with Gasteiger partial charge in [0.25, 0.3) is 0 Å². The molecule has 1 atom stereocenters. The van der Waals surface area contributed by atoms with E-state index >= 15 is 0 Å². The number of aliphatic hydroxyl groups is 1. The Kier molecular flexibility index (Phi) is 33.9. The average Bonchev–Trinajstić information content (AvgIpc) is 3.00. The molecule has 0 amide bonds. The second kappa shape index (κ2) is 34.8. The Bertz CT molecular complexity index is 605. The molecule has 0 heterocycles. The van der Waals surface area contributed by atoms with Crippen molar-refractivity contribution in [2.24, 2.45) is 5.92 Å². The van der Waals surface area contributed by atoms with Gasteiger partial charge in [-0.3, -0.25) is 9.59 Å². The van der Waals surface area contributed by atoms with Crippen molar-refractivity contribution in [2.75, 3.05) is 13.2 Å². The van der Waals surface area contributed by atoms with Gasteiger partial charge in [0.2, 0.25) is 0 Å². The summed E-state index contributed by atoms with van der Waals surface area (Å²) in [6.45, 7) is 6.68. The summed E-state index contributed by atoms with van der Waals surface area (Å²) in [6.07, 6.45) is 35.8. The quantitative estimate of drug-likeness (QED) is 0.0561. The molecule has 0 aromatic rings. The number of carbonyl (C=O) groups is 2. The third-order valence-electron chi connectivity index (χ3n) is 8.77. The minimum atomic E-state index is -0.954. The van der Waals surface area contributed by atoms with Gasteiger partial charge in [-0.05, 0) is 18.8 Å². The standard InChI is InChI=1S/C39H76O5/c1-4-5-6-7-8-9-10-17-20-23-26-29-32-38(41)43-34-37(40)35-44-39(42)33-30-27-24-21-18-15-13-11-12-14-16-19-22-25-28-31-36(2)3/h36-37,40H,4-35H2,1-3H3/t37-/m1/s1. The Balaban J connectivity index is 3.37. The molecule has 0 aromatic carbocycles. The predicted molar refractivity (Wildman–Crippen MR) is 187 cm³/mol. The van der Waals surface area contributed by atoms with E-state index in [9.17, 15) is 14.7 Å². The van der Waals surface area contributed by atoms with Crippen molar-refractivity contribution in [1.29, 1.82) is 0 Å². The maximum atomic E-state index is 12.0. The van der Waals surface area contributed by atoms with Crippen LogP contribution >= 0.6 is 0 Å². The number of carbonyl (C=O) groups excluding carboxylic acids is 2. The van der Waals surface area contributed by atoms with Crippen LogP contribution in [0.2, 0.25) is 0 Å². The minimum absolute atomic E-state index is 0.108. The fourth-order valence-corrected chi connectivity index (χ4v) is 5.80. The predicted octanol–water partition coefficient (Wildman–Crippen LogP) is 11.8. The Hall–Kier alpha value is -1.10. The highest BCUT2D eigenvalue weighted by atomic mass is 16.6. The molecule has 0 aliphatic rings. The van der Waals surface area contributed by atoms with Crippen molar-refractivity contribution < 1.29 is 24.2 Å². The first kappa shape index (κ1) is 42.9. The summed E-state index contributed by atoms with van der Waals surface area (Å²) in [4.78, 5) is 23.9. The van der Waals surface area contributed by atoms with E-state index in [1.165, 1.54) is 154 Å². The maximum Gasteiger partial charge on any atom is 0.305 e. The third-order valence-corrected chi connectivity index (χ3v) is 8.77.